The number of piperidine rings is 1. The number of rotatable bonds is 6. The average Bonchev–Trinajstić information content (AvgIpc) is 3.29. The van der Waals surface area contributed by atoms with Crippen molar-refractivity contribution in [2.45, 2.75) is 37.5 Å². The van der Waals surface area contributed by atoms with Crippen molar-refractivity contribution >= 4 is 17.5 Å². The van der Waals surface area contributed by atoms with Crippen LogP contribution in [-0.4, -0.2) is 63.3 Å². The lowest BCUT2D eigenvalue weighted by atomic mass is 9.84. The van der Waals surface area contributed by atoms with Gasteiger partial charge < -0.3 is 31.4 Å². The Hall–Kier alpha value is -3.78. The standard InChI is InChI=1S/C24H25F5N8O/c25-15-6-17(27)16(26)5-14(15)12-4-13(8-37-11-35-18-21(30)33-10-34-23(18)37)22(32-7-12)36-3-1-2-24(31,9-36)19(38)20(28)29/h4-7,11,19-20,34,38H,1-3,8-10,31H2,(H2,30,33)/t19-,24-/m1/s1. The van der Waals surface area contributed by atoms with Gasteiger partial charge in [-0.1, -0.05) is 0 Å². The number of alkyl halides is 2. The van der Waals surface area contributed by atoms with Gasteiger partial charge in [0.2, 0.25) is 0 Å². The Morgan fingerprint density at radius 2 is 1.87 bits per heavy atom. The first-order chi connectivity index (χ1) is 18.1. The third-order valence-electron chi connectivity index (χ3n) is 6.86. The number of amidine groups is 1. The van der Waals surface area contributed by atoms with Gasteiger partial charge >= 0.3 is 0 Å². The van der Waals surface area contributed by atoms with Crippen LogP contribution in [0.15, 0.2) is 35.7 Å². The molecule has 0 saturated carbocycles. The second-order valence-corrected chi connectivity index (χ2v) is 9.44. The molecule has 2 aromatic heterocycles. The number of halogens is 5. The van der Waals surface area contributed by atoms with Gasteiger partial charge in [0.1, 0.15) is 41.8 Å². The van der Waals surface area contributed by atoms with E-state index < -0.39 is 35.5 Å². The van der Waals surface area contributed by atoms with Gasteiger partial charge in [-0.05, 0) is 25.0 Å². The van der Waals surface area contributed by atoms with Crippen LogP contribution < -0.4 is 21.7 Å². The van der Waals surface area contributed by atoms with Crippen molar-refractivity contribution in [1.82, 2.24) is 14.5 Å². The molecule has 3 aromatic rings. The van der Waals surface area contributed by atoms with Gasteiger partial charge in [-0.15, -0.1) is 0 Å². The molecule has 5 rings (SSSR count). The number of hydrogen-bond donors (Lipinski definition) is 4. The quantitative estimate of drug-likeness (QED) is 0.281. The fraction of sp³-hybridized carbons (Fsp3) is 0.375. The molecule has 0 spiro atoms. The summed E-state index contributed by atoms with van der Waals surface area (Å²) in [7, 11) is 0. The first-order valence-corrected chi connectivity index (χ1v) is 11.8. The zero-order chi connectivity index (χ0) is 27.2. The molecule has 0 bridgehead atoms. The highest BCUT2D eigenvalue weighted by molar-refractivity contribution is 6.01. The molecule has 1 fully saturated rings. The van der Waals surface area contributed by atoms with E-state index in [2.05, 4.69) is 20.3 Å². The monoisotopic (exact) mass is 536 g/mol. The minimum Gasteiger partial charge on any atom is -0.385 e. The number of benzene rings is 1. The molecule has 0 aliphatic carbocycles. The van der Waals surface area contributed by atoms with E-state index in [1.807, 2.05) is 0 Å². The van der Waals surface area contributed by atoms with E-state index in [-0.39, 0.29) is 43.1 Å². The highest BCUT2D eigenvalue weighted by Gasteiger charge is 2.43. The van der Waals surface area contributed by atoms with Crippen LogP contribution >= 0.6 is 0 Å². The number of fused-ring (bicyclic) bond motifs is 1. The molecule has 9 nitrogen and oxygen atoms in total. The summed E-state index contributed by atoms with van der Waals surface area (Å²) in [6, 6.07) is 2.75. The van der Waals surface area contributed by atoms with E-state index in [1.165, 1.54) is 12.5 Å². The summed E-state index contributed by atoms with van der Waals surface area (Å²) in [5.74, 6) is -2.34. The molecule has 0 amide bonds. The lowest BCUT2D eigenvalue weighted by Gasteiger charge is -2.43. The highest BCUT2D eigenvalue weighted by atomic mass is 19.3. The van der Waals surface area contributed by atoms with Gasteiger partial charge in [0.25, 0.3) is 6.43 Å². The van der Waals surface area contributed by atoms with Crippen molar-refractivity contribution in [2.24, 2.45) is 16.5 Å². The Morgan fingerprint density at radius 3 is 2.63 bits per heavy atom. The number of aliphatic hydroxyl groups excluding tert-OH is 1. The van der Waals surface area contributed by atoms with Crippen LogP contribution in [0.3, 0.4) is 0 Å². The maximum atomic E-state index is 14.6. The molecule has 0 unspecified atom stereocenters. The van der Waals surface area contributed by atoms with Crippen molar-refractivity contribution < 1.29 is 27.1 Å². The zero-order valence-electron chi connectivity index (χ0n) is 20.0. The molecule has 1 aromatic carbocycles. The Kier molecular flexibility index (Phi) is 6.69. The minimum atomic E-state index is -3.03. The molecule has 4 heterocycles. The molecule has 2 aliphatic rings. The molecule has 6 N–H and O–H groups in total. The van der Waals surface area contributed by atoms with Crippen LogP contribution in [0.1, 0.15) is 24.1 Å². The highest BCUT2D eigenvalue weighted by Crippen LogP contribution is 2.34. The van der Waals surface area contributed by atoms with Crippen molar-refractivity contribution in [3.8, 4) is 11.1 Å². The molecule has 202 valence electrons. The molecule has 2 aliphatic heterocycles. The summed E-state index contributed by atoms with van der Waals surface area (Å²) in [4.78, 5) is 14.5. The van der Waals surface area contributed by atoms with E-state index in [0.717, 1.165) is 6.07 Å². The number of aromatic nitrogens is 3. The van der Waals surface area contributed by atoms with Crippen LogP contribution in [0.5, 0.6) is 0 Å². The van der Waals surface area contributed by atoms with Crippen molar-refractivity contribution in [2.75, 3.05) is 30.0 Å². The van der Waals surface area contributed by atoms with Crippen LogP contribution in [-0.2, 0) is 6.54 Å². The number of nitrogens with one attached hydrogen (secondary N) is 1. The average molecular weight is 537 g/mol. The number of nitrogens with two attached hydrogens (primary N) is 2. The number of pyridine rings is 1. The van der Waals surface area contributed by atoms with Crippen LogP contribution in [0, 0.1) is 17.5 Å². The molecule has 14 heteroatoms. The number of nitrogens with zero attached hydrogens (tertiary/aromatic N) is 5. The van der Waals surface area contributed by atoms with Gasteiger partial charge in [0.05, 0.1) is 18.4 Å². The second-order valence-electron chi connectivity index (χ2n) is 9.44. The van der Waals surface area contributed by atoms with Crippen molar-refractivity contribution in [3.05, 3.63) is 59.4 Å². The Bertz CT molecular complexity index is 1400. The van der Waals surface area contributed by atoms with E-state index in [1.54, 1.807) is 15.5 Å². The van der Waals surface area contributed by atoms with E-state index >= 15 is 0 Å². The topological polar surface area (TPSA) is 131 Å². The summed E-state index contributed by atoms with van der Waals surface area (Å²) >= 11 is 0. The maximum Gasteiger partial charge on any atom is 0.265 e. The lowest BCUT2D eigenvalue weighted by Crippen LogP contribution is -2.63. The third-order valence-corrected chi connectivity index (χ3v) is 6.86. The van der Waals surface area contributed by atoms with Crippen molar-refractivity contribution in [3.63, 3.8) is 0 Å². The predicted molar refractivity (Wildman–Crippen MR) is 130 cm³/mol. The van der Waals surface area contributed by atoms with E-state index in [0.29, 0.717) is 41.9 Å². The van der Waals surface area contributed by atoms with Crippen LogP contribution in [0.25, 0.3) is 11.1 Å². The summed E-state index contributed by atoms with van der Waals surface area (Å²) < 4.78 is 70.5. The van der Waals surface area contributed by atoms with Gasteiger partial charge in [-0.25, -0.2) is 36.9 Å². The predicted octanol–water partition coefficient (Wildman–Crippen LogP) is 2.42. The summed E-state index contributed by atoms with van der Waals surface area (Å²) in [6.45, 7) is 0.642. The smallest absolute Gasteiger partial charge is 0.265 e. The first kappa shape index (κ1) is 25.9. The molecule has 38 heavy (non-hydrogen) atoms. The number of hydrogen-bond acceptors (Lipinski definition) is 8. The molecular weight excluding hydrogens is 511 g/mol. The second kappa shape index (κ2) is 9.83. The van der Waals surface area contributed by atoms with Crippen LogP contribution in [0.2, 0.25) is 0 Å². The normalized spacial score (nSPS) is 20.2. The number of anilines is 2. The Labute approximate surface area is 214 Å². The number of imidazole rings is 1. The maximum absolute atomic E-state index is 14.6. The summed E-state index contributed by atoms with van der Waals surface area (Å²) in [5.41, 5.74) is 11.5. The first-order valence-electron chi connectivity index (χ1n) is 11.8. The number of aliphatic imine (C=N–C) groups is 1. The molecule has 0 radical (unpaired) electrons. The fourth-order valence-corrected chi connectivity index (χ4v) is 4.91. The zero-order valence-corrected chi connectivity index (χ0v) is 20.0. The summed E-state index contributed by atoms with van der Waals surface area (Å²) in [5, 5.41) is 13.2. The van der Waals surface area contributed by atoms with Gasteiger partial charge in [-0.2, -0.15) is 0 Å². The Morgan fingerprint density at radius 1 is 1.11 bits per heavy atom. The number of aliphatic hydroxyl groups is 1. The Balaban J connectivity index is 1.58. The molecule has 2 atom stereocenters. The molecule has 1 saturated heterocycles. The largest absolute Gasteiger partial charge is 0.385 e. The van der Waals surface area contributed by atoms with Gasteiger partial charge in [0, 0.05) is 42.0 Å². The van der Waals surface area contributed by atoms with E-state index in [4.69, 9.17) is 11.5 Å². The third kappa shape index (κ3) is 4.65. The van der Waals surface area contributed by atoms with Gasteiger partial charge in [0.15, 0.2) is 11.6 Å². The fourth-order valence-electron chi connectivity index (χ4n) is 4.91. The SMILES string of the molecule is NC1=NCNc2c1ncn2Cc1cc(-c2cc(F)c(F)cc2F)cnc1N1CCC[C@](N)([C@H](O)C(F)F)C1. The lowest BCUT2D eigenvalue weighted by molar-refractivity contribution is -0.0529. The van der Waals surface area contributed by atoms with Crippen molar-refractivity contribution in [1.29, 1.82) is 0 Å². The van der Waals surface area contributed by atoms with Gasteiger partial charge in [-0.3, -0.25) is 0 Å². The molecular formula is C24H25F5N8O. The van der Waals surface area contributed by atoms with Crippen LogP contribution in [0.4, 0.5) is 33.6 Å². The summed E-state index contributed by atoms with van der Waals surface area (Å²) in [6.07, 6.45) is -1.67. The van der Waals surface area contributed by atoms with E-state index in [9.17, 15) is 27.1 Å². The minimum absolute atomic E-state index is 0.114.